The third kappa shape index (κ3) is 4.21. The first-order valence-corrected chi connectivity index (χ1v) is 10.5. The van der Waals surface area contributed by atoms with Gasteiger partial charge in [-0.3, -0.25) is 14.7 Å². The normalized spacial score (nSPS) is 16.6. The van der Waals surface area contributed by atoms with E-state index in [1.165, 1.54) is 22.9 Å². The number of amides is 1. The fraction of sp³-hybridized carbons (Fsp3) is 0.0455. The molecule has 150 valence electrons. The van der Waals surface area contributed by atoms with Crippen molar-refractivity contribution < 1.29 is 9.21 Å². The van der Waals surface area contributed by atoms with Gasteiger partial charge >= 0.3 is 0 Å². The Balaban J connectivity index is 1.66. The van der Waals surface area contributed by atoms with E-state index < -0.39 is 0 Å². The summed E-state index contributed by atoms with van der Waals surface area (Å²) in [6.45, 7) is 4.05. The third-order valence-electron chi connectivity index (χ3n) is 4.21. The molecular weight excluding hydrogens is 441 g/mol. The summed E-state index contributed by atoms with van der Waals surface area (Å²) in [5.41, 5.74) is 1.33. The van der Waals surface area contributed by atoms with E-state index in [0.29, 0.717) is 43.9 Å². The van der Waals surface area contributed by atoms with Gasteiger partial charge < -0.3 is 4.42 Å². The number of nitrogens with zero attached hydrogens (tertiary/aromatic N) is 3. The molecule has 1 aromatic carbocycles. The minimum Gasteiger partial charge on any atom is -0.457 e. The van der Waals surface area contributed by atoms with Gasteiger partial charge in [-0.05, 0) is 42.1 Å². The van der Waals surface area contributed by atoms with Gasteiger partial charge in [0.15, 0.2) is 5.17 Å². The highest BCUT2D eigenvalue weighted by atomic mass is 35.5. The van der Waals surface area contributed by atoms with Crippen molar-refractivity contribution in [2.24, 2.45) is 4.99 Å². The Morgan fingerprint density at radius 1 is 1.17 bits per heavy atom. The molecule has 1 aliphatic rings. The summed E-state index contributed by atoms with van der Waals surface area (Å²) in [4.78, 5) is 23.4. The Kier molecular flexibility index (Phi) is 6.08. The lowest BCUT2D eigenvalue weighted by molar-refractivity contribution is -0.121. The van der Waals surface area contributed by atoms with E-state index in [0.717, 1.165) is 5.56 Å². The maximum atomic E-state index is 12.9. The van der Waals surface area contributed by atoms with Crippen LogP contribution in [0.3, 0.4) is 0 Å². The van der Waals surface area contributed by atoms with Crippen molar-refractivity contribution in [3.8, 4) is 11.3 Å². The number of benzene rings is 1. The predicted molar refractivity (Wildman–Crippen MR) is 123 cm³/mol. The Morgan fingerprint density at radius 3 is 2.77 bits per heavy atom. The number of rotatable bonds is 5. The molecule has 0 bridgehead atoms. The van der Waals surface area contributed by atoms with Crippen LogP contribution < -0.4 is 0 Å². The molecule has 3 heterocycles. The second kappa shape index (κ2) is 8.92. The quantitative estimate of drug-likeness (QED) is 0.328. The topological polar surface area (TPSA) is 58.7 Å². The van der Waals surface area contributed by atoms with Crippen LogP contribution in [0, 0.1) is 0 Å². The van der Waals surface area contributed by atoms with Crippen LogP contribution >= 0.6 is 35.0 Å². The van der Waals surface area contributed by atoms with Gasteiger partial charge in [0.2, 0.25) is 0 Å². The summed E-state index contributed by atoms with van der Waals surface area (Å²) in [6.07, 6.45) is 6.45. The summed E-state index contributed by atoms with van der Waals surface area (Å²) < 4.78 is 5.89. The van der Waals surface area contributed by atoms with Crippen molar-refractivity contribution in [2.75, 3.05) is 6.54 Å². The lowest BCUT2D eigenvalue weighted by Gasteiger charge is -2.12. The van der Waals surface area contributed by atoms with Crippen molar-refractivity contribution in [2.45, 2.75) is 0 Å². The van der Waals surface area contributed by atoms with Crippen LogP contribution in [0.15, 0.2) is 81.8 Å². The van der Waals surface area contributed by atoms with E-state index in [4.69, 9.17) is 27.6 Å². The maximum Gasteiger partial charge on any atom is 0.267 e. The molecule has 3 aromatic rings. The number of carbonyl (C=O) groups excluding carboxylic acids is 1. The van der Waals surface area contributed by atoms with Crippen molar-refractivity contribution in [3.63, 3.8) is 0 Å². The van der Waals surface area contributed by atoms with Crippen LogP contribution in [0.2, 0.25) is 10.0 Å². The van der Waals surface area contributed by atoms with Crippen LogP contribution in [0.1, 0.15) is 5.76 Å². The van der Waals surface area contributed by atoms with E-state index in [9.17, 15) is 4.79 Å². The Morgan fingerprint density at radius 2 is 2.00 bits per heavy atom. The zero-order valence-corrected chi connectivity index (χ0v) is 17.9. The summed E-state index contributed by atoms with van der Waals surface area (Å²) in [5, 5.41) is 1.51. The molecule has 1 aliphatic heterocycles. The minimum absolute atomic E-state index is 0.181. The molecule has 8 heteroatoms. The number of aliphatic imine (C=N–C) groups is 1. The zero-order chi connectivity index (χ0) is 21.1. The van der Waals surface area contributed by atoms with E-state index >= 15 is 0 Å². The molecule has 0 unspecified atom stereocenters. The number of aromatic nitrogens is 1. The Bertz CT molecular complexity index is 1190. The van der Waals surface area contributed by atoms with Crippen molar-refractivity contribution >= 4 is 57.8 Å². The number of hydrogen-bond acceptors (Lipinski definition) is 5. The van der Waals surface area contributed by atoms with Crippen LogP contribution in [0.25, 0.3) is 17.4 Å². The van der Waals surface area contributed by atoms with Gasteiger partial charge in [-0.2, -0.15) is 0 Å². The lowest BCUT2D eigenvalue weighted by atomic mass is 10.2. The summed E-state index contributed by atoms with van der Waals surface area (Å²) in [5.74, 6) is 0.991. The van der Waals surface area contributed by atoms with Crippen LogP contribution in [0.5, 0.6) is 0 Å². The highest BCUT2D eigenvalue weighted by Crippen LogP contribution is 2.36. The largest absolute Gasteiger partial charge is 0.457 e. The SMILES string of the molecule is C=CCN1C(=O)/C(=C\c2ccc(-c3ccccc3Cl)o2)SC1=Nc1ccncc1Cl. The van der Waals surface area contributed by atoms with Crippen molar-refractivity contribution in [1.82, 2.24) is 9.88 Å². The van der Waals surface area contributed by atoms with Gasteiger partial charge in [-0.25, -0.2) is 4.99 Å². The molecule has 1 saturated heterocycles. The van der Waals surface area contributed by atoms with Crippen LogP contribution in [0.4, 0.5) is 5.69 Å². The molecule has 1 amide bonds. The second-order valence-electron chi connectivity index (χ2n) is 6.22. The predicted octanol–water partition coefficient (Wildman–Crippen LogP) is 6.44. The molecule has 30 heavy (non-hydrogen) atoms. The molecule has 0 spiro atoms. The van der Waals surface area contributed by atoms with Gasteiger partial charge in [-0.15, -0.1) is 6.58 Å². The molecule has 1 fully saturated rings. The molecular formula is C22H15Cl2N3O2S. The first-order valence-electron chi connectivity index (χ1n) is 8.92. The Labute approximate surface area is 187 Å². The van der Waals surface area contributed by atoms with Gasteiger partial charge in [0.05, 0.1) is 20.6 Å². The molecule has 5 nitrogen and oxygen atoms in total. The van der Waals surface area contributed by atoms with Gasteiger partial charge in [-0.1, -0.05) is 41.4 Å². The van der Waals surface area contributed by atoms with Gasteiger partial charge in [0.25, 0.3) is 5.91 Å². The number of hydrogen-bond donors (Lipinski definition) is 0. The average molecular weight is 456 g/mol. The standard InChI is InChI=1S/C22H15Cl2N3O2S/c1-2-11-27-21(28)20(30-22(27)26-18-9-10-25-13-17(18)24)12-14-7-8-19(29-14)15-5-3-4-6-16(15)23/h2-10,12-13H,1,11H2/b20-12+,26-22?. The maximum absolute atomic E-state index is 12.9. The fourth-order valence-electron chi connectivity index (χ4n) is 2.81. The van der Waals surface area contributed by atoms with E-state index in [2.05, 4.69) is 16.6 Å². The zero-order valence-electron chi connectivity index (χ0n) is 15.6. The molecule has 0 atom stereocenters. The van der Waals surface area contributed by atoms with Gasteiger partial charge in [0.1, 0.15) is 11.5 Å². The molecule has 0 radical (unpaired) electrons. The van der Waals surface area contributed by atoms with Crippen molar-refractivity contribution in [1.29, 1.82) is 0 Å². The lowest BCUT2D eigenvalue weighted by Crippen LogP contribution is -2.29. The van der Waals surface area contributed by atoms with E-state index in [-0.39, 0.29) is 5.91 Å². The molecule has 2 aromatic heterocycles. The number of pyridine rings is 1. The molecule has 0 saturated carbocycles. The number of carbonyl (C=O) groups is 1. The molecule has 0 aliphatic carbocycles. The summed E-state index contributed by atoms with van der Waals surface area (Å²) >= 11 is 13.7. The number of amidine groups is 1. The average Bonchev–Trinajstić information content (AvgIpc) is 3.31. The molecule has 0 N–H and O–H groups in total. The van der Waals surface area contributed by atoms with Crippen LogP contribution in [-0.2, 0) is 4.79 Å². The number of thioether (sulfide) groups is 1. The van der Waals surface area contributed by atoms with E-state index in [1.54, 1.807) is 36.5 Å². The fourth-order valence-corrected chi connectivity index (χ4v) is 4.18. The third-order valence-corrected chi connectivity index (χ3v) is 5.83. The van der Waals surface area contributed by atoms with Crippen LogP contribution in [-0.4, -0.2) is 27.5 Å². The monoisotopic (exact) mass is 455 g/mol. The number of halogens is 2. The number of furan rings is 1. The first kappa shape index (κ1) is 20.5. The summed E-state index contributed by atoms with van der Waals surface area (Å²) in [6, 6.07) is 12.7. The summed E-state index contributed by atoms with van der Waals surface area (Å²) in [7, 11) is 0. The minimum atomic E-state index is -0.181. The van der Waals surface area contributed by atoms with Crippen molar-refractivity contribution in [3.05, 3.63) is 88.2 Å². The smallest absolute Gasteiger partial charge is 0.267 e. The Hall–Kier alpha value is -2.80. The highest BCUT2D eigenvalue weighted by Gasteiger charge is 2.33. The highest BCUT2D eigenvalue weighted by molar-refractivity contribution is 8.18. The molecule has 4 rings (SSSR count). The van der Waals surface area contributed by atoms with E-state index in [1.807, 2.05) is 24.3 Å². The first-order chi connectivity index (χ1) is 14.6. The second-order valence-corrected chi connectivity index (χ2v) is 8.04. The van der Waals surface area contributed by atoms with Gasteiger partial charge in [0, 0.05) is 30.6 Å².